The molecule has 0 radical (unpaired) electrons. The number of amides is 2. The predicted octanol–water partition coefficient (Wildman–Crippen LogP) is 1.21. The molecule has 7 nitrogen and oxygen atoms in total. The first-order chi connectivity index (χ1) is 13.7. The zero-order valence-corrected chi connectivity index (χ0v) is 16.1. The molecule has 0 heterocycles. The van der Waals surface area contributed by atoms with E-state index in [0.717, 1.165) is 6.07 Å². The van der Waals surface area contributed by atoms with Crippen LogP contribution in [0.4, 0.5) is 24.5 Å². The third kappa shape index (κ3) is 5.85. The van der Waals surface area contributed by atoms with Crippen LogP contribution in [0.3, 0.4) is 0 Å². The van der Waals surface area contributed by atoms with Crippen LogP contribution in [0.15, 0.2) is 30.3 Å². The Labute approximate surface area is 165 Å². The molecule has 0 aromatic heterocycles. The molecule has 2 amide bonds. The Balaban J connectivity index is 1.93. The van der Waals surface area contributed by atoms with E-state index >= 15 is 0 Å². The van der Waals surface area contributed by atoms with Crippen molar-refractivity contribution in [2.24, 2.45) is 0 Å². The first kappa shape index (κ1) is 22.0. The van der Waals surface area contributed by atoms with Crippen molar-refractivity contribution in [2.45, 2.75) is 0 Å². The van der Waals surface area contributed by atoms with Crippen molar-refractivity contribution in [3.63, 3.8) is 0 Å². The fourth-order valence-corrected chi connectivity index (χ4v) is 2.53. The van der Waals surface area contributed by atoms with E-state index in [1.807, 2.05) is 0 Å². The number of hydrogen-bond donors (Lipinski definition) is 3. The molecule has 10 heteroatoms. The maximum absolute atomic E-state index is 13.6. The lowest BCUT2D eigenvalue weighted by atomic mass is 10.2. The number of carbonyl (C=O) groups excluding carboxylic acids is 2. The van der Waals surface area contributed by atoms with Crippen LogP contribution in [0.5, 0.6) is 11.5 Å². The summed E-state index contributed by atoms with van der Waals surface area (Å²) >= 11 is 0. The molecule has 0 saturated carbocycles. The number of carbonyl (C=O) groups is 2. The largest absolute Gasteiger partial charge is 0.497 e. The topological polar surface area (TPSA) is 81.1 Å². The Morgan fingerprint density at radius 2 is 1.52 bits per heavy atom. The van der Waals surface area contributed by atoms with Gasteiger partial charge in [-0.25, -0.2) is 13.2 Å². The highest BCUT2D eigenvalue weighted by molar-refractivity contribution is 5.94. The van der Waals surface area contributed by atoms with Crippen molar-refractivity contribution < 1.29 is 37.1 Å². The Morgan fingerprint density at radius 1 is 0.897 bits per heavy atom. The molecule has 2 aromatic rings. The normalized spacial score (nSPS) is 11.5. The minimum atomic E-state index is -1.67. The lowest BCUT2D eigenvalue weighted by molar-refractivity contribution is -0.862. The zero-order valence-electron chi connectivity index (χ0n) is 16.1. The summed E-state index contributed by atoms with van der Waals surface area (Å²) in [5, 5.41) is 4.82. The van der Waals surface area contributed by atoms with Crippen molar-refractivity contribution in [2.75, 3.05) is 45.0 Å². The first-order valence-corrected chi connectivity index (χ1v) is 8.51. The van der Waals surface area contributed by atoms with Gasteiger partial charge in [0.05, 0.1) is 32.6 Å². The smallest absolute Gasteiger partial charge is 0.279 e. The average Bonchev–Trinajstić information content (AvgIpc) is 2.68. The fraction of sp³-hybridized carbons (Fsp3) is 0.263. The Bertz CT molecular complexity index is 909. The maximum Gasteiger partial charge on any atom is 0.279 e. The number of likely N-dealkylation sites (N-methyl/N-ethyl adjacent to an activating group) is 1. The summed E-state index contributed by atoms with van der Waals surface area (Å²) in [6.07, 6.45) is 0. The van der Waals surface area contributed by atoms with Crippen LogP contribution in [0.25, 0.3) is 0 Å². The van der Waals surface area contributed by atoms with Gasteiger partial charge in [0.1, 0.15) is 11.5 Å². The van der Waals surface area contributed by atoms with Crippen LogP contribution in [0.1, 0.15) is 0 Å². The highest BCUT2D eigenvalue weighted by Gasteiger charge is 2.19. The third-order valence-corrected chi connectivity index (χ3v) is 3.91. The molecule has 1 unspecified atom stereocenters. The lowest BCUT2D eigenvalue weighted by Gasteiger charge is -2.15. The molecule has 0 aliphatic heterocycles. The van der Waals surface area contributed by atoms with Crippen LogP contribution >= 0.6 is 0 Å². The second-order valence-corrected chi connectivity index (χ2v) is 6.20. The summed E-state index contributed by atoms with van der Waals surface area (Å²) in [5.74, 6) is -4.63. The van der Waals surface area contributed by atoms with E-state index in [-0.39, 0.29) is 13.1 Å². The van der Waals surface area contributed by atoms with E-state index < -0.39 is 35.0 Å². The molecule has 2 aromatic carbocycles. The molecular formula is C19H21F3N3O4+. The minimum Gasteiger partial charge on any atom is -0.497 e. The number of methoxy groups -OCH3 is 2. The van der Waals surface area contributed by atoms with Crippen molar-refractivity contribution >= 4 is 23.2 Å². The van der Waals surface area contributed by atoms with Crippen LogP contribution in [-0.2, 0) is 9.59 Å². The van der Waals surface area contributed by atoms with Crippen molar-refractivity contribution in [3.8, 4) is 11.5 Å². The zero-order chi connectivity index (χ0) is 21.6. The van der Waals surface area contributed by atoms with Gasteiger partial charge in [-0.3, -0.25) is 9.59 Å². The van der Waals surface area contributed by atoms with Crippen LogP contribution < -0.4 is 25.0 Å². The number of ether oxygens (including phenoxy) is 2. The summed E-state index contributed by atoms with van der Waals surface area (Å²) in [5.41, 5.74) is -0.0785. The number of quaternary nitrogens is 1. The van der Waals surface area contributed by atoms with E-state index in [2.05, 4.69) is 10.6 Å². The number of halogens is 3. The monoisotopic (exact) mass is 412 g/mol. The summed E-state index contributed by atoms with van der Waals surface area (Å²) in [6.45, 7) is -0.296. The highest BCUT2D eigenvalue weighted by atomic mass is 19.2. The van der Waals surface area contributed by atoms with E-state index in [4.69, 9.17) is 9.47 Å². The fourth-order valence-electron chi connectivity index (χ4n) is 2.53. The molecular weight excluding hydrogens is 391 g/mol. The molecule has 0 saturated heterocycles. The molecule has 29 heavy (non-hydrogen) atoms. The van der Waals surface area contributed by atoms with Gasteiger partial charge >= 0.3 is 0 Å². The Kier molecular flexibility index (Phi) is 7.43. The van der Waals surface area contributed by atoms with Gasteiger partial charge in [-0.05, 0) is 24.3 Å². The Hall–Kier alpha value is -3.27. The second kappa shape index (κ2) is 9.78. The van der Waals surface area contributed by atoms with Gasteiger partial charge in [0, 0.05) is 6.07 Å². The first-order valence-electron chi connectivity index (χ1n) is 8.51. The molecule has 2 rings (SSSR count). The van der Waals surface area contributed by atoms with Crippen molar-refractivity contribution in [3.05, 3.63) is 47.8 Å². The van der Waals surface area contributed by atoms with Crippen molar-refractivity contribution in [1.29, 1.82) is 0 Å². The maximum atomic E-state index is 13.6. The molecule has 156 valence electrons. The number of benzene rings is 2. The average molecular weight is 412 g/mol. The van der Waals surface area contributed by atoms with Crippen LogP contribution in [0, 0.1) is 17.5 Å². The third-order valence-electron chi connectivity index (χ3n) is 3.91. The van der Waals surface area contributed by atoms with E-state index in [9.17, 15) is 22.8 Å². The molecule has 1 atom stereocenters. The molecule has 0 aliphatic rings. The molecule has 0 aliphatic carbocycles. The molecule has 0 spiro atoms. The van der Waals surface area contributed by atoms with E-state index in [1.54, 1.807) is 25.2 Å². The van der Waals surface area contributed by atoms with Gasteiger partial charge < -0.3 is 25.0 Å². The summed E-state index contributed by atoms with van der Waals surface area (Å²) < 4.78 is 50.1. The van der Waals surface area contributed by atoms with Gasteiger partial charge in [-0.2, -0.15) is 0 Å². The highest BCUT2D eigenvalue weighted by Crippen LogP contribution is 2.28. The number of nitrogens with one attached hydrogen (secondary N) is 3. The van der Waals surface area contributed by atoms with Crippen molar-refractivity contribution in [1.82, 2.24) is 0 Å². The summed E-state index contributed by atoms with van der Waals surface area (Å²) in [6, 6.07) is 6.52. The minimum absolute atomic E-state index is 0.0892. The van der Waals surface area contributed by atoms with E-state index in [0.29, 0.717) is 28.2 Å². The molecule has 0 bridgehead atoms. The number of hydrogen-bond acceptors (Lipinski definition) is 4. The standard InChI is InChI=1S/C19H20F3N3O4/c1-25(9-16(26)23-13-6-5-12(20)18(21)19(13)22)10-17(27)24-14-8-11(28-2)4-7-15(14)29-3/h4-8H,9-10H2,1-3H3,(H,23,26)(H,24,27)/p+1. The number of anilines is 2. The molecule has 0 fully saturated rings. The lowest BCUT2D eigenvalue weighted by Crippen LogP contribution is -3.11. The summed E-state index contributed by atoms with van der Waals surface area (Å²) in [4.78, 5) is 24.7. The van der Waals surface area contributed by atoms with Crippen LogP contribution in [-0.4, -0.2) is 46.2 Å². The summed E-state index contributed by atoms with van der Waals surface area (Å²) in [7, 11) is 4.51. The molecule has 3 N–H and O–H groups in total. The predicted molar refractivity (Wildman–Crippen MR) is 99.7 cm³/mol. The van der Waals surface area contributed by atoms with Gasteiger partial charge in [0.15, 0.2) is 30.5 Å². The number of rotatable bonds is 8. The quantitative estimate of drug-likeness (QED) is 0.570. The van der Waals surface area contributed by atoms with Crippen LogP contribution in [0.2, 0.25) is 0 Å². The van der Waals surface area contributed by atoms with Gasteiger partial charge in [-0.15, -0.1) is 0 Å². The van der Waals surface area contributed by atoms with Gasteiger partial charge in [-0.1, -0.05) is 0 Å². The van der Waals surface area contributed by atoms with E-state index in [1.165, 1.54) is 14.2 Å². The Morgan fingerprint density at radius 3 is 2.10 bits per heavy atom. The second-order valence-electron chi connectivity index (χ2n) is 6.20. The SMILES string of the molecule is COc1ccc(OC)c(NC(=O)C[NH+](C)CC(=O)Nc2ccc(F)c(F)c2F)c1. The van der Waals surface area contributed by atoms with Gasteiger partial charge in [0.25, 0.3) is 11.8 Å². The van der Waals surface area contributed by atoms with Gasteiger partial charge in [0.2, 0.25) is 0 Å².